The van der Waals surface area contributed by atoms with Crippen LogP contribution in [-0.4, -0.2) is 44.5 Å². The molecule has 1 fully saturated rings. The number of carboxylic acid groups (broad SMARTS) is 1. The van der Waals surface area contributed by atoms with Crippen molar-refractivity contribution in [2.75, 3.05) is 18.4 Å². The van der Waals surface area contributed by atoms with Gasteiger partial charge in [-0.25, -0.2) is 4.79 Å². The average molecular weight is 350 g/mol. The van der Waals surface area contributed by atoms with Crippen LogP contribution < -0.4 is 5.32 Å². The van der Waals surface area contributed by atoms with Gasteiger partial charge in [-0.1, -0.05) is 18.2 Å². The topological polar surface area (TPSA) is 95.4 Å². The van der Waals surface area contributed by atoms with Gasteiger partial charge in [0.15, 0.2) is 0 Å². The number of nitrogens with one attached hydrogen (secondary N) is 1. The van der Waals surface area contributed by atoms with Gasteiger partial charge >= 0.3 is 12.0 Å². The third kappa shape index (κ3) is 3.99. The van der Waals surface area contributed by atoms with E-state index >= 15 is 0 Å². The molecule has 2 amide bonds. The Balaban J connectivity index is 1.57. The molecule has 0 spiro atoms. The maximum atomic E-state index is 12.1. The summed E-state index contributed by atoms with van der Waals surface area (Å²) in [6, 6.07) is 9.39. The van der Waals surface area contributed by atoms with Gasteiger partial charge in [-0.05, 0) is 30.3 Å². The first kappa shape index (κ1) is 15.8. The smallest absolute Gasteiger partial charge is 0.323 e. The predicted molar refractivity (Wildman–Crippen MR) is 86.8 cm³/mol. The summed E-state index contributed by atoms with van der Waals surface area (Å²) in [5.41, 5.74) is 0. The normalized spacial score (nSPS) is 17.2. The van der Waals surface area contributed by atoms with Gasteiger partial charge in [-0.2, -0.15) is 9.36 Å². The molecule has 3 rings (SSSR count). The number of hydrogen-bond donors (Lipinski definition) is 2. The van der Waals surface area contributed by atoms with Crippen LogP contribution in [0.5, 0.6) is 0 Å². The first-order valence-electron chi connectivity index (χ1n) is 6.97. The average Bonchev–Trinajstić information content (AvgIpc) is 3.18. The van der Waals surface area contributed by atoms with Crippen molar-refractivity contribution >= 4 is 40.4 Å². The summed E-state index contributed by atoms with van der Waals surface area (Å²) >= 11 is 2.52. The lowest BCUT2D eigenvalue weighted by Gasteiger charge is -2.14. The van der Waals surface area contributed by atoms with E-state index in [4.69, 9.17) is 5.11 Å². The summed E-state index contributed by atoms with van der Waals surface area (Å²) in [7, 11) is 0. The second-order valence-electron chi connectivity index (χ2n) is 5.00. The van der Waals surface area contributed by atoms with Gasteiger partial charge in [0.2, 0.25) is 10.3 Å². The second-order valence-corrected chi connectivity index (χ2v) is 6.79. The summed E-state index contributed by atoms with van der Waals surface area (Å²) < 4.78 is 4.20. The number of urea groups is 1. The van der Waals surface area contributed by atoms with E-state index in [9.17, 15) is 9.59 Å². The molecule has 0 radical (unpaired) electrons. The van der Waals surface area contributed by atoms with Crippen LogP contribution in [0.4, 0.5) is 9.93 Å². The molecule has 1 atom stereocenters. The summed E-state index contributed by atoms with van der Waals surface area (Å²) in [6.07, 6.45) is 0.480. The van der Waals surface area contributed by atoms with Gasteiger partial charge in [0, 0.05) is 29.5 Å². The molecule has 23 heavy (non-hydrogen) atoms. The fourth-order valence-corrected chi connectivity index (χ4v) is 3.64. The number of likely N-dealkylation sites (tertiary alicyclic amines) is 1. The number of carbonyl (C=O) groups excluding carboxylic acids is 1. The van der Waals surface area contributed by atoms with Crippen molar-refractivity contribution in [2.45, 2.75) is 16.5 Å². The third-order valence-corrected chi connectivity index (χ3v) is 5.02. The van der Waals surface area contributed by atoms with Crippen LogP contribution >= 0.6 is 23.3 Å². The van der Waals surface area contributed by atoms with Crippen molar-refractivity contribution in [3.63, 3.8) is 0 Å². The van der Waals surface area contributed by atoms with E-state index in [1.54, 1.807) is 0 Å². The molecular formula is C14H14N4O3S2. The number of amides is 2. The summed E-state index contributed by atoms with van der Waals surface area (Å²) in [5, 5.41) is 12.6. The number of rotatable bonds is 4. The fourth-order valence-electron chi connectivity index (χ4n) is 2.21. The molecule has 1 aromatic carbocycles. The van der Waals surface area contributed by atoms with Gasteiger partial charge in [0.05, 0.1) is 5.92 Å². The number of carboxylic acids is 1. The minimum Gasteiger partial charge on any atom is -0.481 e. The molecule has 0 saturated carbocycles. The molecule has 120 valence electrons. The maximum Gasteiger partial charge on any atom is 0.323 e. The second kappa shape index (κ2) is 6.97. The van der Waals surface area contributed by atoms with Crippen molar-refractivity contribution in [1.82, 2.24) is 14.3 Å². The molecule has 2 heterocycles. The molecular weight excluding hydrogens is 336 g/mol. The highest BCUT2D eigenvalue weighted by Gasteiger charge is 2.31. The quantitative estimate of drug-likeness (QED) is 0.880. The summed E-state index contributed by atoms with van der Waals surface area (Å²) in [6.45, 7) is 0.665. The first-order valence-corrected chi connectivity index (χ1v) is 8.56. The molecule has 1 aliphatic rings. The van der Waals surface area contributed by atoms with Crippen LogP contribution in [0.15, 0.2) is 40.4 Å². The Hall–Kier alpha value is -2.13. The molecule has 7 nitrogen and oxygen atoms in total. The van der Waals surface area contributed by atoms with Crippen molar-refractivity contribution in [2.24, 2.45) is 5.92 Å². The molecule has 1 saturated heterocycles. The van der Waals surface area contributed by atoms with Crippen LogP contribution in [0, 0.1) is 5.92 Å². The summed E-state index contributed by atoms with van der Waals surface area (Å²) in [4.78, 5) is 29.8. The Morgan fingerprint density at radius 2 is 2.13 bits per heavy atom. The number of benzene rings is 1. The van der Waals surface area contributed by atoms with Gasteiger partial charge in [0.25, 0.3) is 0 Å². The maximum absolute atomic E-state index is 12.1. The Bertz CT molecular complexity index is 707. The minimum absolute atomic E-state index is 0.228. The molecule has 9 heteroatoms. The summed E-state index contributed by atoms with van der Waals surface area (Å²) in [5.74, 6) is -1.35. The number of aromatic nitrogens is 2. The molecule has 1 aromatic heterocycles. The third-order valence-electron chi connectivity index (χ3n) is 3.40. The Kier molecular flexibility index (Phi) is 4.77. The van der Waals surface area contributed by atoms with Crippen LogP contribution in [0.25, 0.3) is 0 Å². The lowest BCUT2D eigenvalue weighted by atomic mass is 10.1. The van der Waals surface area contributed by atoms with E-state index in [1.165, 1.54) is 16.7 Å². The van der Waals surface area contributed by atoms with E-state index < -0.39 is 11.9 Å². The number of nitrogens with zero attached hydrogens (tertiary/aromatic N) is 3. The molecule has 2 aromatic rings. The molecule has 2 N–H and O–H groups in total. The van der Waals surface area contributed by atoms with Crippen LogP contribution in [0.3, 0.4) is 0 Å². The van der Waals surface area contributed by atoms with Gasteiger partial charge < -0.3 is 10.0 Å². The van der Waals surface area contributed by atoms with Crippen LogP contribution in [-0.2, 0) is 4.79 Å². The SMILES string of the molecule is O=C(O)C1CCN(C(=O)Nc2nc(Sc3ccccc3)ns2)C1. The minimum atomic E-state index is -0.863. The zero-order chi connectivity index (χ0) is 16.2. The number of carbonyl (C=O) groups is 2. The standard InChI is InChI=1S/C14H14N4O3S2/c19-11(20)9-6-7-18(8-9)14(21)16-12-15-13(17-23-12)22-10-4-2-1-3-5-10/h1-5,9H,6-8H2,(H,19,20)(H,15,16,17,21). The molecule has 0 bridgehead atoms. The van der Waals surface area contributed by atoms with Crippen LogP contribution in [0.2, 0.25) is 0 Å². The molecule has 1 aliphatic heterocycles. The molecule has 1 unspecified atom stereocenters. The number of hydrogen-bond acceptors (Lipinski definition) is 6. The van der Waals surface area contributed by atoms with Gasteiger partial charge in [-0.3, -0.25) is 10.1 Å². The Morgan fingerprint density at radius 1 is 1.35 bits per heavy atom. The highest BCUT2D eigenvalue weighted by atomic mass is 32.2. The van der Waals surface area contributed by atoms with E-state index in [0.717, 1.165) is 16.4 Å². The first-order chi connectivity index (χ1) is 11.1. The fraction of sp³-hybridized carbons (Fsp3) is 0.286. The largest absolute Gasteiger partial charge is 0.481 e. The number of anilines is 1. The highest BCUT2D eigenvalue weighted by molar-refractivity contribution is 7.99. The highest BCUT2D eigenvalue weighted by Crippen LogP contribution is 2.27. The van der Waals surface area contributed by atoms with E-state index in [-0.39, 0.29) is 12.6 Å². The van der Waals surface area contributed by atoms with Crippen molar-refractivity contribution in [3.05, 3.63) is 30.3 Å². The molecule has 0 aliphatic carbocycles. The van der Waals surface area contributed by atoms with E-state index in [1.807, 2.05) is 30.3 Å². The van der Waals surface area contributed by atoms with E-state index in [0.29, 0.717) is 23.3 Å². The zero-order valence-electron chi connectivity index (χ0n) is 12.0. The Morgan fingerprint density at radius 3 is 2.83 bits per heavy atom. The van der Waals surface area contributed by atoms with Crippen molar-refractivity contribution in [3.8, 4) is 0 Å². The van der Waals surface area contributed by atoms with Crippen molar-refractivity contribution in [1.29, 1.82) is 0 Å². The predicted octanol–water partition coefficient (Wildman–Crippen LogP) is 2.63. The Labute approximate surface area is 140 Å². The lowest BCUT2D eigenvalue weighted by Crippen LogP contribution is -2.33. The van der Waals surface area contributed by atoms with Gasteiger partial charge in [0.1, 0.15) is 0 Å². The van der Waals surface area contributed by atoms with Crippen molar-refractivity contribution < 1.29 is 14.7 Å². The zero-order valence-corrected chi connectivity index (χ0v) is 13.6. The number of aliphatic carboxylic acids is 1. The van der Waals surface area contributed by atoms with Crippen LogP contribution in [0.1, 0.15) is 6.42 Å². The lowest BCUT2D eigenvalue weighted by molar-refractivity contribution is -0.141. The monoisotopic (exact) mass is 350 g/mol. The van der Waals surface area contributed by atoms with E-state index in [2.05, 4.69) is 14.7 Å². The van der Waals surface area contributed by atoms with Gasteiger partial charge in [-0.15, -0.1) is 0 Å².